The molecule has 1 amide bonds. The molecule has 0 atom stereocenters. The van der Waals surface area contributed by atoms with Crippen molar-refractivity contribution in [3.8, 4) is 11.5 Å². The largest absolute Gasteiger partial charge is 0.493 e. The first-order chi connectivity index (χ1) is 11.2. The van der Waals surface area contributed by atoms with Crippen LogP contribution >= 0.6 is 0 Å². The predicted octanol–water partition coefficient (Wildman–Crippen LogP) is 2.60. The zero-order chi connectivity index (χ0) is 16.7. The van der Waals surface area contributed by atoms with E-state index in [1.165, 1.54) is 6.08 Å². The highest BCUT2D eigenvalue weighted by atomic mass is 16.5. The van der Waals surface area contributed by atoms with Crippen LogP contribution < -0.4 is 14.8 Å². The highest BCUT2D eigenvalue weighted by Crippen LogP contribution is 2.27. The highest BCUT2D eigenvalue weighted by Gasteiger charge is 2.11. The van der Waals surface area contributed by atoms with Gasteiger partial charge in [-0.05, 0) is 29.8 Å². The molecule has 0 saturated heterocycles. The molecule has 0 aromatic heterocycles. The lowest BCUT2D eigenvalue weighted by molar-refractivity contribution is 0.0951. The van der Waals surface area contributed by atoms with Crippen LogP contribution in [0.3, 0.4) is 0 Å². The van der Waals surface area contributed by atoms with Crippen molar-refractivity contribution >= 4 is 17.7 Å². The number of amides is 1. The van der Waals surface area contributed by atoms with Crippen molar-refractivity contribution in [1.29, 1.82) is 0 Å². The lowest BCUT2D eigenvalue weighted by Crippen LogP contribution is -2.22. The lowest BCUT2D eigenvalue weighted by atomic mass is 10.1. The average molecular weight is 312 g/mol. The van der Waals surface area contributed by atoms with E-state index in [0.717, 1.165) is 5.56 Å². The van der Waals surface area contributed by atoms with Gasteiger partial charge >= 0.3 is 0 Å². The molecular weight excluding hydrogens is 296 g/mol. The Bertz CT molecular complexity index is 752. The van der Waals surface area contributed by atoms with Gasteiger partial charge in [0.1, 0.15) is 0 Å². The van der Waals surface area contributed by atoms with Gasteiger partial charge in [0.2, 0.25) is 6.08 Å². The Balaban J connectivity index is 2.12. The Hall–Kier alpha value is -3.11. The predicted molar refractivity (Wildman–Crippen MR) is 84.9 cm³/mol. The number of hydrogen-bond donors (Lipinski definition) is 1. The van der Waals surface area contributed by atoms with E-state index in [4.69, 9.17) is 9.47 Å². The van der Waals surface area contributed by atoms with E-state index in [9.17, 15) is 9.59 Å². The van der Waals surface area contributed by atoms with Gasteiger partial charge in [-0.2, -0.15) is 4.99 Å². The van der Waals surface area contributed by atoms with Gasteiger partial charge in [-0.3, -0.25) is 4.79 Å². The molecule has 118 valence electrons. The minimum absolute atomic E-state index is 0.285. The fourth-order valence-corrected chi connectivity index (χ4v) is 2.08. The van der Waals surface area contributed by atoms with E-state index >= 15 is 0 Å². The van der Waals surface area contributed by atoms with Gasteiger partial charge in [-0.15, -0.1) is 0 Å². The number of hydrogen-bond acceptors (Lipinski definition) is 5. The molecule has 0 aliphatic heterocycles. The van der Waals surface area contributed by atoms with Crippen molar-refractivity contribution in [3.05, 3.63) is 53.6 Å². The van der Waals surface area contributed by atoms with E-state index in [1.807, 2.05) is 6.07 Å². The number of isocyanates is 1. The standard InChI is InChI=1S/C17H16N2O4/c1-22-15-8-7-12(9-16(15)23-2)10-18-17(21)13-5-3-4-6-14(13)19-11-20/h3-9H,10H2,1-2H3,(H,18,21). The lowest BCUT2D eigenvalue weighted by Gasteiger charge is -2.11. The summed E-state index contributed by atoms with van der Waals surface area (Å²) in [4.78, 5) is 26.2. The minimum Gasteiger partial charge on any atom is -0.493 e. The quantitative estimate of drug-likeness (QED) is 0.657. The zero-order valence-corrected chi connectivity index (χ0v) is 12.8. The third-order valence-electron chi connectivity index (χ3n) is 3.22. The van der Waals surface area contributed by atoms with Gasteiger partial charge in [0.25, 0.3) is 5.91 Å². The molecule has 2 rings (SSSR count). The smallest absolute Gasteiger partial charge is 0.253 e. The number of nitrogens with zero attached hydrogens (tertiary/aromatic N) is 1. The van der Waals surface area contributed by atoms with Crippen LogP contribution in [0.15, 0.2) is 47.5 Å². The van der Waals surface area contributed by atoms with Crippen LogP contribution in [0.4, 0.5) is 5.69 Å². The maximum Gasteiger partial charge on any atom is 0.253 e. The molecule has 0 aliphatic carbocycles. The summed E-state index contributed by atoms with van der Waals surface area (Å²) in [5, 5.41) is 2.78. The van der Waals surface area contributed by atoms with Crippen molar-refractivity contribution in [2.75, 3.05) is 14.2 Å². The Morgan fingerprint density at radius 2 is 1.87 bits per heavy atom. The first kappa shape index (κ1) is 16.3. The third-order valence-corrected chi connectivity index (χ3v) is 3.22. The molecule has 0 saturated carbocycles. The van der Waals surface area contributed by atoms with Crippen LogP contribution in [0.5, 0.6) is 11.5 Å². The second-order valence-electron chi connectivity index (χ2n) is 4.59. The molecule has 1 N–H and O–H groups in total. The SMILES string of the molecule is COc1ccc(CNC(=O)c2ccccc2N=C=O)cc1OC. The zero-order valence-electron chi connectivity index (χ0n) is 12.8. The first-order valence-corrected chi connectivity index (χ1v) is 6.85. The summed E-state index contributed by atoms with van der Waals surface area (Å²) in [5.41, 5.74) is 1.45. The Kier molecular flexibility index (Phi) is 5.50. The molecule has 23 heavy (non-hydrogen) atoms. The van der Waals surface area contributed by atoms with Gasteiger partial charge in [0.15, 0.2) is 11.5 Å². The molecule has 0 radical (unpaired) electrons. The molecule has 0 unspecified atom stereocenters. The maximum atomic E-state index is 12.2. The van der Waals surface area contributed by atoms with Crippen LogP contribution in [0, 0.1) is 0 Å². The summed E-state index contributed by atoms with van der Waals surface area (Å²) in [5.74, 6) is 0.882. The summed E-state index contributed by atoms with van der Waals surface area (Å²) in [6, 6.07) is 12.0. The average Bonchev–Trinajstić information content (AvgIpc) is 2.60. The molecule has 0 aliphatic rings. The molecule has 2 aromatic rings. The highest BCUT2D eigenvalue weighted by molar-refractivity contribution is 5.99. The van der Waals surface area contributed by atoms with Gasteiger partial charge < -0.3 is 14.8 Å². The molecule has 0 fully saturated rings. The number of aliphatic imine (C=N–C) groups is 1. The summed E-state index contributed by atoms with van der Waals surface area (Å²) in [6.45, 7) is 0.304. The minimum atomic E-state index is -0.325. The van der Waals surface area contributed by atoms with E-state index < -0.39 is 0 Å². The van der Waals surface area contributed by atoms with Gasteiger partial charge in [-0.1, -0.05) is 18.2 Å². The van der Waals surface area contributed by atoms with E-state index in [1.54, 1.807) is 50.6 Å². The molecule has 2 aromatic carbocycles. The topological polar surface area (TPSA) is 77.0 Å². The second-order valence-corrected chi connectivity index (χ2v) is 4.59. The fraction of sp³-hybridized carbons (Fsp3) is 0.176. The number of methoxy groups -OCH3 is 2. The molecule has 6 heteroatoms. The number of rotatable bonds is 6. The number of para-hydroxylation sites is 1. The van der Waals surface area contributed by atoms with Gasteiger partial charge in [0, 0.05) is 6.54 Å². The summed E-state index contributed by atoms with van der Waals surface area (Å²) < 4.78 is 10.4. The normalized spacial score (nSPS) is 9.65. The van der Waals surface area contributed by atoms with Crippen molar-refractivity contribution in [1.82, 2.24) is 5.32 Å². The molecule has 6 nitrogen and oxygen atoms in total. The van der Waals surface area contributed by atoms with Crippen molar-refractivity contribution in [3.63, 3.8) is 0 Å². The maximum absolute atomic E-state index is 12.2. The van der Waals surface area contributed by atoms with E-state index in [2.05, 4.69) is 10.3 Å². The number of ether oxygens (including phenoxy) is 2. The van der Waals surface area contributed by atoms with Crippen molar-refractivity contribution in [2.45, 2.75) is 6.54 Å². The first-order valence-electron chi connectivity index (χ1n) is 6.85. The van der Waals surface area contributed by atoms with Crippen LogP contribution in [0.25, 0.3) is 0 Å². The van der Waals surface area contributed by atoms with Crippen molar-refractivity contribution < 1.29 is 19.1 Å². The summed E-state index contributed by atoms with van der Waals surface area (Å²) >= 11 is 0. The van der Waals surface area contributed by atoms with Crippen LogP contribution in [0.1, 0.15) is 15.9 Å². The monoisotopic (exact) mass is 312 g/mol. The van der Waals surface area contributed by atoms with Crippen LogP contribution in [-0.2, 0) is 11.3 Å². The summed E-state index contributed by atoms with van der Waals surface area (Å²) in [6.07, 6.45) is 1.45. The van der Waals surface area contributed by atoms with E-state index in [-0.39, 0.29) is 11.6 Å². The third kappa shape index (κ3) is 3.96. The Morgan fingerprint density at radius 3 is 2.57 bits per heavy atom. The molecule has 0 heterocycles. The number of carbonyl (C=O) groups is 1. The molecule has 0 bridgehead atoms. The van der Waals surface area contributed by atoms with E-state index in [0.29, 0.717) is 23.6 Å². The van der Waals surface area contributed by atoms with Gasteiger partial charge in [-0.25, -0.2) is 4.79 Å². The van der Waals surface area contributed by atoms with Crippen LogP contribution in [-0.4, -0.2) is 26.2 Å². The fourth-order valence-electron chi connectivity index (χ4n) is 2.08. The van der Waals surface area contributed by atoms with Crippen LogP contribution in [0.2, 0.25) is 0 Å². The van der Waals surface area contributed by atoms with Gasteiger partial charge in [0.05, 0.1) is 25.5 Å². The summed E-state index contributed by atoms with van der Waals surface area (Å²) in [7, 11) is 3.11. The Morgan fingerprint density at radius 1 is 1.13 bits per heavy atom. The molecule has 0 spiro atoms. The Labute approximate surface area is 133 Å². The molecular formula is C17H16N2O4. The number of benzene rings is 2. The van der Waals surface area contributed by atoms with Crippen molar-refractivity contribution in [2.24, 2.45) is 4.99 Å². The second kappa shape index (κ2) is 7.77. The number of nitrogens with one attached hydrogen (secondary N) is 1. The number of carbonyl (C=O) groups excluding carboxylic acids is 2.